The lowest BCUT2D eigenvalue weighted by Gasteiger charge is -2.18. The molecule has 134 valence electrons. The first-order chi connectivity index (χ1) is 13.2. The van der Waals surface area contributed by atoms with E-state index in [2.05, 4.69) is 64.5 Å². The average molecular weight is 419 g/mol. The second-order valence-corrected chi connectivity index (χ2v) is 7.66. The van der Waals surface area contributed by atoms with Gasteiger partial charge in [-0.05, 0) is 47.7 Å². The quantitative estimate of drug-likeness (QED) is 0.292. The second-order valence-electron chi connectivity index (χ2n) is 6.75. The van der Waals surface area contributed by atoms with Crippen molar-refractivity contribution in [3.8, 4) is 5.75 Å². The van der Waals surface area contributed by atoms with E-state index in [-0.39, 0.29) is 17.3 Å². The highest BCUT2D eigenvalue weighted by Crippen LogP contribution is 2.59. The van der Waals surface area contributed by atoms with Crippen molar-refractivity contribution in [2.45, 2.75) is 11.8 Å². The molecule has 0 aromatic heterocycles. The van der Waals surface area contributed by atoms with Gasteiger partial charge in [0.1, 0.15) is 5.75 Å². The lowest BCUT2D eigenvalue weighted by atomic mass is 9.85. The van der Waals surface area contributed by atoms with Crippen molar-refractivity contribution in [3.05, 3.63) is 113 Å². The first-order valence-corrected chi connectivity index (χ1v) is 9.74. The fourth-order valence-electron chi connectivity index (χ4n) is 3.67. The van der Waals surface area contributed by atoms with E-state index in [0.29, 0.717) is 5.75 Å². The van der Waals surface area contributed by atoms with Crippen LogP contribution in [0.25, 0.3) is 0 Å². The topological polar surface area (TPSA) is 26.3 Å². The number of halogens is 1. The average Bonchev–Trinajstić information content (AvgIpc) is 3.45. The van der Waals surface area contributed by atoms with Crippen LogP contribution in [0.3, 0.4) is 0 Å². The molecule has 3 aromatic carbocycles. The van der Waals surface area contributed by atoms with Gasteiger partial charge in [-0.1, -0.05) is 82.7 Å². The van der Waals surface area contributed by atoms with E-state index in [1.165, 1.54) is 11.1 Å². The van der Waals surface area contributed by atoms with Gasteiger partial charge < -0.3 is 4.74 Å². The van der Waals surface area contributed by atoms with Crippen LogP contribution in [0.1, 0.15) is 17.5 Å². The zero-order chi connectivity index (χ0) is 18.7. The zero-order valence-corrected chi connectivity index (χ0v) is 16.3. The molecule has 0 heterocycles. The Balaban J connectivity index is 1.53. The SMILES string of the molecule is O=C(/C=C/C1CC1(c1ccccc1)c1ccccc1)Oc1ccc(Br)cc1. The first-order valence-electron chi connectivity index (χ1n) is 8.95. The molecule has 1 saturated carbocycles. The van der Waals surface area contributed by atoms with Gasteiger partial charge in [-0.15, -0.1) is 0 Å². The number of carbonyl (C=O) groups excluding carboxylic acids is 1. The van der Waals surface area contributed by atoms with Crippen LogP contribution in [0.4, 0.5) is 0 Å². The van der Waals surface area contributed by atoms with Gasteiger partial charge in [0.15, 0.2) is 0 Å². The molecule has 1 aliphatic carbocycles. The Morgan fingerprint density at radius 2 is 1.44 bits per heavy atom. The molecule has 1 aliphatic rings. The molecule has 3 aromatic rings. The second kappa shape index (κ2) is 7.53. The number of allylic oxidation sites excluding steroid dienone is 1. The van der Waals surface area contributed by atoms with Crippen molar-refractivity contribution in [1.82, 2.24) is 0 Å². The molecule has 0 amide bonds. The van der Waals surface area contributed by atoms with E-state index in [4.69, 9.17) is 4.74 Å². The summed E-state index contributed by atoms with van der Waals surface area (Å²) in [4.78, 5) is 12.2. The number of esters is 1. The predicted octanol–water partition coefficient (Wildman–Crippen LogP) is 5.92. The third kappa shape index (κ3) is 3.74. The molecule has 27 heavy (non-hydrogen) atoms. The third-order valence-corrected chi connectivity index (χ3v) is 5.62. The molecule has 0 N–H and O–H groups in total. The summed E-state index contributed by atoms with van der Waals surface area (Å²) in [5.41, 5.74) is 2.51. The summed E-state index contributed by atoms with van der Waals surface area (Å²) >= 11 is 3.37. The van der Waals surface area contributed by atoms with Crippen LogP contribution in [0.2, 0.25) is 0 Å². The minimum Gasteiger partial charge on any atom is -0.423 e. The van der Waals surface area contributed by atoms with Crippen LogP contribution in [-0.4, -0.2) is 5.97 Å². The maximum absolute atomic E-state index is 12.2. The normalized spacial score (nSPS) is 17.6. The van der Waals surface area contributed by atoms with Gasteiger partial charge in [0.05, 0.1) is 0 Å². The summed E-state index contributed by atoms with van der Waals surface area (Å²) in [7, 11) is 0. The van der Waals surface area contributed by atoms with E-state index in [9.17, 15) is 4.79 Å². The maximum Gasteiger partial charge on any atom is 0.335 e. The summed E-state index contributed by atoms with van der Waals surface area (Å²) in [6.45, 7) is 0. The standard InChI is InChI=1S/C24H19BrO2/c25-21-12-14-22(15-13-21)27-23(26)16-11-20-17-24(20,18-7-3-1-4-8-18)19-9-5-2-6-10-19/h1-16,20H,17H2/b16-11+. The largest absolute Gasteiger partial charge is 0.423 e. The molecular formula is C24H19BrO2. The molecule has 0 bridgehead atoms. The van der Waals surface area contributed by atoms with Crippen molar-refractivity contribution >= 4 is 21.9 Å². The monoisotopic (exact) mass is 418 g/mol. The minimum atomic E-state index is -0.348. The van der Waals surface area contributed by atoms with Gasteiger partial charge in [0.25, 0.3) is 0 Å². The van der Waals surface area contributed by atoms with Crippen LogP contribution < -0.4 is 4.74 Å². The van der Waals surface area contributed by atoms with Crippen LogP contribution in [0, 0.1) is 5.92 Å². The zero-order valence-electron chi connectivity index (χ0n) is 14.7. The van der Waals surface area contributed by atoms with Crippen molar-refractivity contribution in [1.29, 1.82) is 0 Å². The first kappa shape index (κ1) is 17.7. The Labute approximate surface area is 167 Å². The van der Waals surface area contributed by atoms with Crippen molar-refractivity contribution < 1.29 is 9.53 Å². The summed E-state index contributed by atoms with van der Waals surface area (Å²) in [6, 6.07) is 28.3. The highest BCUT2D eigenvalue weighted by Gasteiger charge is 2.54. The molecule has 2 nitrogen and oxygen atoms in total. The van der Waals surface area contributed by atoms with Crippen LogP contribution in [0.5, 0.6) is 5.75 Å². The Morgan fingerprint density at radius 3 is 2.00 bits per heavy atom. The number of rotatable bonds is 5. The van der Waals surface area contributed by atoms with E-state index < -0.39 is 0 Å². The minimum absolute atomic E-state index is 0.0586. The number of benzene rings is 3. The Kier molecular flexibility index (Phi) is 4.95. The van der Waals surface area contributed by atoms with E-state index in [0.717, 1.165) is 10.9 Å². The Bertz CT molecular complexity index is 907. The Morgan fingerprint density at radius 1 is 0.889 bits per heavy atom. The Hall–Kier alpha value is -2.65. The van der Waals surface area contributed by atoms with Gasteiger partial charge >= 0.3 is 5.97 Å². The summed E-state index contributed by atoms with van der Waals surface area (Å²) in [5, 5.41) is 0. The lowest BCUT2D eigenvalue weighted by Crippen LogP contribution is -2.12. The lowest BCUT2D eigenvalue weighted by molar-refractivity contribution is -0.129. The van der Waals surface area contributed by atoms with Crippen LogP contribution in [-0.2, 0) is 10.2 Å². The number of carbonyl (C=O) groups is 1. The molecule has 3 heteroatoms. The maximum atomic E-state index is 12.2. The van der Waals surface area contributed by atoms with Crippen LogP contribution in [0.15, 0.2) is 102 Å². The van der Waals surface area contributed by atoms with Gasteiger partial charge in [-0.2, -0.15) is 0 Å². The fraction of sp³-hybridized carbons (Fsp3) is 0.125. The van der Waals surface area contributed by atoms with Gasteiger partial charge in [-0.25, -0.2) is 4.79 Å². The summed E-state index contributed by atoms with van der Waals surface area (Å²) < 4.78 is 6.33. The summed E-state index contributed by atoms with van der Waals surface area (Å²) in [6.07, 6.45) is 4.53. The van der Waals surface area contributed by atoms with Crippen molar-refractivity contribution in [2.24, 2.45) is 5.92 Å². The third-order valence-electron chi connectivity index (χ3n) is 5.09. The van der Waals surface area contributed by atoms with Gasteiger partial charge in [-0.3, -0.25) is 0 Å². The van der Waals surface area contributed by atoms with Crippen molar-refractivity contribution in [2.75, 3.05) is 0 Å². The van der Waals surface area contributed by atoms with Crippen molar-refractivity contribution in [3.63, 3.8) is 0 Å². The molecular weight excluding hydrogens is 400 g/mol. The number of hydrogen-bond donors (Lipinski definition) is 0. The summed E-state index contributed by atoms with van der Waals surface area (Å²) in [5.74, 6) is 0.472. The van der Waals surface area contributed by atoms with E-state index in [1.807, 2.05) is 30.3 Å². The van der Waals surface area contributed by atoms with Gasteiger partial charge in [0, 0.05) is 16.0 Å². The molecule has 1 fully saturated rings. The van der Waals surface area contributed by atoms with E-state index in [1.54, 1.807) is 18.2 Å². The highest BCUT2D eigenvalue weighted by molar-refractivity contribution is 9.10. The fourth-order valence-corrected chi connectivity index (χ4v) is 3.93. The molecule has 1 atom stereocenters. The molecule has 0 aliphatic heterocycles. The molecule has 0 radical (unpaired) electrons. The van der Waals surface area contributed by atoms with Crippen LogP contribution >= 0.6 is 15.9 Å². The number of hydrogen-bond acceptors (Lipinski definition) is 2. The molecule has 1 unspecified atom stereocenters. The molecule has 0 saturated heterocycles. The smallest absolute Gasteiger partial charge is 0.335 e. The predicted molar refractivity (Wildman–Crippen MR) is 111 cm³/mol. The van der Waals surface area contributed by atoms with Gasteiger partial charge in [0.2, 0.25) is 0 Å². The number of ether oxygens (including phenoxy) is 1. The highest BCUT2D eigenvalue weighted by atomic mass is 79.9. The molecule has 4 rings (SSSR count). The molecule has 0 spiro atoms. The van der Waals surface area contributed by atoms with E-state index >= 15 is 0 Å².